The zero-order chi connectivity index (χ0) is 12.8. The van der Waals surface area contributed by atoms with Crippen molar-refractivity contribution in [3.05, 3.63) is 35.4 Å². The summed E-state index contributed by atoms with van der Waals surface area (Å²) >= 11 is 0. The normalized spacial score (nSPS) is 13.5. The monoisotopic (exact) mass is 231 g/mol. The van der Waals surface area contributed by atoms with E-state index in [-0.39, 0.29) is 18.0 Å². The third kappa shape index (κ3) is 3.58. The standard InChI is InChI=1S/C13H17N3O/c1-9(16-10(2)13(17)15-3)12-6-4-11(8-14)5-7-12/h4-7,9-10,16H,1-3H3,(H,15,17). The largest absolute Gasteiger partial charge is 0.358 e. The molecule has 1 aromatic carbocycles. The maximum atomic E-state index is 11.4. The Morgan fingerprint density at radius 1 is 1.29 bits per heavy atom. The summed E-state index contributed by atoms with van der Waals surface area (Å²) in [4.78, 5) is 11.4. The molecule has 2 unspecified atom stereocenters. The van der Waals surface area contributed by atoms with Crippen LogP contribution in [0.2, 0.25) is 0 Å². The molecule has 4 nitrogen and oxygen atoms in total. The maximum Gasteiger partial charge on any atom is 0.236 e. The highest BCUT2D eigenvalue weighted by Gasteiger charge is 2.14. The van der Waals surface area contributed by atoms with Crippen molar-refractivity contribution in [3.8, 4) is 6.07 Å². The van der Waals surface area contributed by atoms with Crippen molar-refractivity contribution in [2.24, 2.45) is 0 Å². The van der Waals surface area contributed by atoms with Crippen molar-refractivity contribution in [1.82, 2.24) is 10.6 Å². The van der Waals surface area contributed by atoms with Gasteiger partial charge in [-0.25, -0.2) is 0 Å². The quantitative estimate of drug-likeness (QED) is 0.822. The van der Waals surface area contributed by atoms with Gasteiger partial charge in [-0.3, -0.25) is 10.1 Å². The molecule has 0 heterocycles. The van der Waals surface area contributed by atoms with E-state index in [4.69, 9.17) is 5.26 Å². The Balaban J connectivity index is 2.66. The molecule has 0 saturated heterocycles. The molecule has 0 bridgehead atoms. The third-order valence-electron chi connectivity index (χ3n) is 2.68. The smallest absolute Gasteiger partial charge is 0.236 e. The highest BCUT2D eigenvalue weighted by molar-refractivity contribution is 5.80. The van der Waals surface area contributed by atoms with E-state index in [0.29, 0.717) is 5.56 Å². The molecule has 0 radical (unpaired) electrons. The number of benzene rings is 1. The van der Waals surface area contributed by atoms with Crippen LogP contribution in [-0.4, -0.2) is 19.0 Å². The number of nitrogens with one attached hydrogen (secondary N) is 2. The van der Waals surface area contributed by atoms with Gasteiger partial charge in [0.25, 0.3) is 0 Å². The third-order valence-corrected chi connectivity index (χ3v) is 2.68. The fourth-order valence-corrected chi connectivity index (χ4v) is 1.61. The minimum atomic E-state index is -0.245. The minimum absolute atomic E-state index is 0.0366. The number of carbonyl (C=O) groups excluding carboxylic acids is 1. The van der Waals surface area contributed by atoms with Gasteiger partial charge in [-0.05, 0) is 31.5 Å². The second-order valence-electron chi connectivity index (χ2n) is 3.96. The molecule has 0 fully saturated rings. The van der Waals surface area contributed by atoms with E-state index in [0.717, 1.165) is 5.56 Å². The molecule has 1 aromatic rings. The van der Waals surface area contributed by atoms with Gasteiger partial charge >= 0.3 is 0 Å². The summed E-state index contributed by atoms with van der Waals surface area (Å²) in [5.74, 6) is -0.0366. The SMILES string of the molecule is CNC(=O)C(C)NC(C)c1ccc(C#N)cc1. The first-order chi connectivity index (χ1) is 8.08. The predicted octanol–water partition coefficient (Wildman–Crippen LogP) is 1.34. The summed E-state index contributed by atoms with van der Waals surface area (Å²) in [5.41, 5.74) is 1.69. The molecule has 1 amide bonds. The van der Waals surface area contributed by atoms with Crippen molar-refractivity contribution >= 4 is 5.91 Å². The summed E-state index contributed by atoms with van der Waals surface area (Å²) in [5, 5.41) is 14.5. The van der Waals surface area contributed by atoms with E-state index in [1.165, 1.54) is 0 Å². The van der Waals surface area contributed by atoms with E-state index < -0.39 is 0 Å². The molecule has 1 rings (SSSR count). The number of hydrogen-bond donors (Lipinski definition) is 2. The van der Waals surface area contributed by atoms with E-state index in [9.17, 15) is 4.79 Å². The van der Waals surface area contributed by atoms with Gasteiger partial charge in [-0.2, -0.15) is 5.26 Å². The van der Waals surface area contributed by atoms with Gasteiger partial charge in [0.1, 0.15) is 0 Å². The molecular weight excluding hydrogens is 214 g/mol. The summed E-state index contributed by atoms with van der Waals surface area (Å²) in [6, 6.07) is 9.24. The second-order valence-corrected chi connectivity index (χ2v) is 3.96. The molecule has 17 heavy (non-hydrogen) atoms. The lowest BCUT2D eigenvalue weighted by atomic mass is 10.1. The predicted molar refractivity (Wildman–Crippen MR) is 66.2 cm³/mol. The first-order valence-corrected chi connectivity index (χ1v) is 5.56. The van der Waals surface area contributed by atoms with Crippen molar-refractivity contribution < 1.29 is 4.79 Å². The van der Waals surface area contributed by atoms with Gasteiger partial charge in [0.2, 0.25) is 5.91 Å². The van der Waals surface area contributed by atoms with Crippen LogP contribution in [0.4, 0.5) is 0 Å². The Kier molecular flexibility index (Phi) is 4.68. The number of nitriles is 1. The van der Waals surface area contributed by atoms with Crippen molar-refractivity contribution in [2.45, 2.75) is 25.9 Å². The number of nitrogens with zero attached hydrogens (tertiary/aromatic N) is 1. The molecular formula is C13H17N3O. The van der Waals surface area contributed by atoms with Gasteiger partial charge in [0, 0.05) is 13.1 Å². The first-order valence-electron chi connectivity index (χ1n) is 5.56. The number of amides is 1. The van der Waals surface area contributed by atoms with Crippen molar-refractivity contribution in [3.63, 3.8) is 0 Å². The van der Waals surface area contributed by atoms with Crippen LogP contribution in [0, 0.1) is 11.3 Å². The summed E-state index contributed by atoms with van der Waals surface area (Å²) in [6.45, 7) is 3.81. The van der Waals surface area contributed by atoms with Crippen molar-refractivity contribution in [1.29, 1.82) is 5.26 Å². The van der Waals surface area contributed by atoms with Crippen LogP contribution in [0.25, 0.3) is 0 Å². The summed E-state index contributed by atoms with van der Waals surface area (Å²) in [7, 11) is 1.62. The van der Waals surface area contributed by atoms with Crippen LogP contribution in [0.15, 0.2) is 24.3 Å². The van der Waals surface area contributed by atoms with Gasteiger partial charge in [0.15, 0.2) is 0 Å². The maximum absolute atomic E-state index is 11.4. The summed E-state index contributed by atoms with van der Waals surface area (Å²) in [6.07, 6.45) is 0. The zero-order valence-electron chi connectivity index (χ0n) is 10.3. The van der Waals surface area contributed by atoms with Gasteiger partial charge < -0.3 is 5.32 Å². The van der Waals surface area contributed by atoms with E-state index in [1.54, 1.807) is 19.2 Å². The fraction of sp³-hybridized carbons (Fsp3) is 0.385. The number of carbonyl (C=O) groups is 1. The average Bonchev–Trinajstić information content (AvgIpc) is 2.37. The summed E-state index contributed by atoms with van der Waals surface area (Å²) < 4.78 is 0. The van der Waals surface area contributed by atoms with E-state index >= 15 is 0 Å². The van der Waals surface area contributed by atoms with Crippen LogP contribution < -0.4 is 10.6 Å². The minimum Gasteiger partial charge on any atom is -0.358 e. The van der Waals surface area contributed by atoms with E-state index in [2.05, 4.69) is 16.7 Å². The Hall–Kier alpha value is -1.86. The first kappa shape index (κ1) is 13.2. The van der Waals surface area contributed by atoms with Gasteiger partial charge in [-0.15, -0.1) is 0 Å². The number of rotatable bonds is 4. The molecule has 4 heteroatoms. The molecule has 0 spiro atoms. The molecule has 90 valence electrons. The Bertz CT molecular complexity index is 419. The molecule has 0 saturated carbocycles. The van der Waals surface area contributed by atoms with Crippen LogP contribution in [0.3, 0.4) is 0 Å². The highest BCUT2D eigenvalue weighted by Crippen LogP contribution is 2.13. The molecule has 0 aliphatic rings. The molecule has 0 aromatic heterocycles. The highest BCUT2D eigenvalue weighted by atomic mass is 16.2. The van der Waals surface area contributed by atoms with Crippen LogP contribution in [-0.2, 0) is 4.79 Å². The van der Waals surface area contributed by atoms with E-state index in [1.807, 2.05) is 26.0 Å². The Morgan fingerprint density at radius 2 is 1.88 bits per heavy atom. The molecule has 2 N–H and O–H groups in total. The van der Waals surface area contributed by atoms with Crippen molar-refractivity contribution in [2.75, 3.05) is 7.05 Å². The van der Waals surface area contributed by atoms with Gasteiger partial charge in [0.05, 0.1) is 17.7 Å². The fourth-order valence-electron chi connectivity index (χ4n) is 1.61. The molecule has 2 atom stereocenters. The number of hydrogen-bond acceptors (Lipinski definition) is 3. The molecule has 0 aliphatic heterocycles. The number of likely N-dealkylation sites (N-methyl/N-ethyl adjacent to an activating group) is 1. The zero-order valence-corrected chi connectivity index (χ0v) is 10.3. The second kappa shape index (κ2) is 6.02. The van der Waals surface area contributed by atoms with Gasteiger partial charge in [-0.1, -0.05) is 12.1 Å². The van der Waals surface area contributed by atoms with Crippen LogP contribution >= 0.6 is 0 Å². The van der Waals surface area contributed by atoms with Crippen LogP contribution in [0.5, 0.6) is 0 Å². The lowest BCUT2D eigenvalue weighted by Crippen LogP contribution is -2.41. The lowest BCUT2D eigenvalue weighted by molar-refractivity contribution is -0.122. The topological polar surface area (TPSA) is 64.9 Å². The Labute approximate surface area is 102 Å². The lowest BCUT2D eigenvalue weighted by Gasteiger charge is -2.19. The average molecular weight is 231 g/mol. The van der Waals surface area contributed by atoms with Crippen LogP contribution in [0.1, 0.15) is 31.0 Å². The molecule has 0 aliphatic carbocycles. The Morgan fingerprint density at radius 3 is 2.35 bits per heavy atom.